The molecule has 0 aromatic rings. The number of amides is 4. The molecular formula is C12H16N2O7. The van der Waals surface area contributed by atoms with Crippen LogP contribution in [0, 0.1) is 0 Å². The maximum Gasteiger partial charge on any atom is 0.303 e. The van der Waals surface area contributed by atoms with Gasteiger partial charge in [0.2, 0.25) is 17.7 Å². The van der Waals surface area contributed by atoms with E-state index in [2.05, 4.69) is 5.32 Å². The van der Waals surface area contributed by atoms with Crippen LogP contribution in [0.25, 0.3) is 0 Å². The Morgan fingerprint density at radius 2 is 1.76 bits per heavy atom. The largest absolute Gasteiger partial charge is 0.481 e. The number of likely N-dealkylation sites (tertiary alicyclic amines) is 1. The topological polar surface area (TPSA) is 141 Å². The van der Waals surface area contributed by atoms with Gasteiger partial charge in [-0.3, -0.25) is 34.2 Å². The fourth-order valence-corrected chi connectivity index (χ4v) is 1.80. The molecule has 116 valence electrons. The molecule has 2 heterocycles. The molecule has 0 bridgehead atoms. The molecule has 0 aromatic carbocycles. The van der Waals surface area contributed by atoms with Gasteiger partial charge < -0.3 is 10.2 Å². The maximum absolute atomic E-state index is 11.1. The quantitative estimate of drug-likeness (QED) is 0.530. The fraction of sp³-hybridized carbons (Fsp3) is 0.583. The zero-order valence-electron chi connectivity index (χ0n) is 11.2. The number of rotatable bonds is 4. The highest BCUT2D eigenvalue weighted by molar-refractivity contribution is 6.04. The number of aliphatic hydroxyl groups excluding tert-OH is 1. The first kappa shape index (κ1) is 16.8. The van der Waals surface area contributed by atoms with E-state index in [0.29, 0.717) is 12.8 Å². The molecule has 9 heteroatoms. The fourth-order valence-electron chi connectivity index (χ4n) is 1.80. The Balaban J connectivity index is 0.000000262. The summed E-state index contributed by atoms with van der Waals surface area (Å²) in [6.07, 6.45) is -0.552. The summed E-state index contributed by atoms with van der Waals surface area (Å²) in [5.74, 6) is -2.33. The Hall–Kier alpha value is -2.29. The molecule has 0 saturated carbocycles. The molecule has 4 amide bonds. The summed E-state index contributed by atoms with van der Waals surface area (Å²) in [5.41, 5.74) is 0. The third-order valence-corrected chi connectivity index (χ3v) is 2.85. The van der Waals surface area contributed by atoms with Gasteiger partial charge in [-0.25, -0.2) is 0 Å². The number of carbonyl (C=O) groups is 5. The molecule has 1 atom stereocenters. The van der Waals surface area contributed by atoms with Crippen molar-refractivity contribution in [2.45, 2.75) is 38.2 Å². The molecule has 2 aliphatic rings. The van der Waals surface area contributed by atoms with Gasteiger partial charge in [0.25, 0.3) is 5.91 Å². The second-order valence-electron chi connectivity index (χ2n) is 4.57. The van der Waals surface area contributed by atoms with Gasteiger partial charge in [0.15, 0.2) is 0 Å². The first-order chi connectivity index (χ1) is 9.81. The summed E-state index contributed by atoms with van der Waals surface area (Å²) in [6, 6.07) is 0. The van der Waals surface area contributed by atoms with E-state index in [1.54, 1.807) is 0 Å². The number of carboxylic acid groups (broad SMARTS) is 1. The Kier molecular flexibility index (Phi) is 5.97. The summed E-state index contributed by atoms with van der Waals surface area (Å²) >= 11 is 0. The van der Waals surface area contributed by atoms with Gasteiger partial charge >= 0.3 is 5.97 Å². The van der Waals surface area contributed by atoms with Crippen molar-refractivity contribution in [2.75, 3.05) is 6.54 Å². The smallest absolute Gasteiger partial charge is 0.303 e. The van der Waals surface area contributed by atoms with Gasteiger partial charge in [-0.05, 0) is 6.42 Å². The summed E-state index contributed by atoms with van der Waals surface area (Å²) < 4.78 is 0. The van der Waals surface area contributed by atoms with Crippen LogP contribution in [0.15, 0.2) is 0 Å². The highest BCUT2D eigenvalue weighted by atomic mass is 16.4. The molecule has 2 fully saturated rings. The molecule has 9 nitrogen and oxygen atoms in total. The second-order valence-corrected chi connectivity index (χ2v) is 4.57. The van der Waals surface area contributed by atoms with Crippen LogP contribution in [0.3, 0.4) is 0 Å². The minimum absolute atomic E-state index is 0.0705. The third-order valence-electron chi connectivity index (χ3n) is 2.85. The Morgan fingerprint density at radius 1 is 1.19 bits per heavy atom. The number of hydrogen-bond acceptors (Lipinski definition) is 6. The molecule has 2 rings (SSSR count). The number of aliphatic carboxylic acids is 1. The van der Waals surface area contributed by atoms with E-state index >= 15 is 0 Å². The molecular weight excluding hydrogens is 284 g/mol. The Morgan fingerprint density at radius 3 is 2.10 bits per heavy atom. The molecule has 0 spiro atoms. The highest BCUT2D eigenvalue weighted by Gasteiger charge is 2.36. The van der Waals surface area contributed by atoms with Crippen LogP contribution in [0.4, 0.5) is 0 Å². The molecule has 0 aliphatic carbocycles. The SMILES string of the molecule is O=C(O)CCCN1C(=O)CC(O)C1=O.O=C1CCC(=O)N1. The zero-order chi connectivity index (χ0) is 16.0. The normalized spacial score (nSPS) is 21.2. The molecule has 0 aromatic heterocycles. The van der Waals surface area contributed by atoms with E-state index in [-0.39, 0.29) is 37.6 Å². The second kappa shape index (κ2) is 7.48. The lowest BCUT2D eigenvalue weighted by atomic mass is 10.3. The monoisotopic (exact) mass is 300 g/mol. The minimum atomic E-state index is -1.24. The van der Waals surface area contributed by atoms with E-state index < -0.39 is 23.9 Å². The zero-order valence-corrected chi connectivity index (χ0v) is 11.2. The van der Waals surface area contributed by atoms with Crippen molar-refractivity contribution in [3.63, 3.8) is 0 Å². The highest BCUT2D eigenvalue weighted by Crippen LogP contribution is 2.13. The van der Waals surface area contributed by atoms with Crippen molar-refractivity contribution >= 4 is 29.6 Å². The van der Waals surface area contributed by atoms with Crippen LogP contribution in [0.1, 0.15) is 32.1 Å². The van der Waals surface area contributed by atoms with Crippen LogP contribution < -0.4 is 5.32 Å². The predicted octanol–water partition coefficient (Wildman–Crippen LogP) is -1.61. The van der Waals surface area contributed by atoms with E-state index in [4.69, 9.17) is 10.2 Å². The summed E-state index contributed by atoms with van der Waals surface area (Å²) in [5, 5.41) is 19.5. The lowest BCUT2D eigenvalue weighted by Gasteiger charge is -2.12. The molecule has 2 saturated heterocycles. The number of aliphatic hydroxyl groups is 1. The van der Waals surface area contributed by atoms with Crippen LogP contribution in [0.5, 0.6) is 0 Å². The molecule has 1 unspecified atom stereocenters. The summed E-state index contributed by atoms with van der Waals surface area (Å²) in [4.78, 5) is 53.5. The van der Waals surface area contributed by atoms with Crippen molar-refractivity contribution in [1.29, 1.82) is 0 Å². The third kappa shape index (κ3) is 5.30. The molecule has 3 N–H and O–H groups in total. The molecule has 21 heavy (non-hydrogen) atoms. The number of carbonyl (C=O) groups excluding carboxylic acids is 4. The van der Waals surface area contributed by atoms with Gasteiger partial charge in [-0.1, -0.05) is 0 Å². The van der Waals surface area contributed by atoms with Gasteiger partial charge in [0.1, 0.15) is 6.10 Å². The van der Waals surface area contributed by atoms with Crippen molar-refractivity contribution in [1.82, 2.24) is 10.2 Å². The van der Waals surface area contributed by atoms with Gasteiger partial charge in [0, 0.05) is 25.8 Å². The van der Waals surface area contributed by atoms with Crippen molar-refractivity contribution in [2.24, 2.45) is 0 Å². The summed E-state index contributed by atoms with van der Waals surface area (Å²) in [6.45, 7) is 0.0705. The number of hydrogen-bond donors (Lipinski definition) is 3. The van der Waals surface area contributed by atoms with Crippen LogP contribution in [0.2, 0.25) is 0 Å². The van der Waals surface area contributed by atoms with Crippen LogP contribution in [-0.2, 0) is 24.0 Å². The van der Waals surface area contributed by atoms with E-state index in [0.717, 1.165) is 4.90 Å². The average Bonchev–Trinajstić information content (AvgIpc) is 2.87. The van der Waals surface area contributed by atoms with Crippen molar-refractivity contribution < 1.29 is 34.2 Å². The van der Waals surface area contributed by atoms with Gasteiger partial charge in [-0.2, -0.15) is 0 Å². The lowest BCUT2D eigenvalue weighted by molar-refractivity contribution is -0.142. The van der Waals surface area contributed by atoms with Crippen molar-refractivity contribution in [3.05, 3.63) is 0 Å². The predicted molar refractivity (Wildman–Crippen MR) is 66.6 cm³/mol. The first-order valence-corrected chi connectivity index (χ1v) is 6.38. The van der Waals surface area contributed by atoms with Crippen LogP contribution >= 0.6 is 0 Å². The number of nitrogens with one attached hydrogen (secondary N) is 1. The standard InChI is InChI=1S/C8H11NO5.C4H5NO2/c10-5-4-6(11)9(8(5)14)3-1-2-7(12)13;6-3-1-2-4(7)5-3/h5,10H,1-4H2,(H,12,13);1-2H2,(H,5,6,7). The summed E-state index contributed by atoms with van der Waals surface area (Å²) in [7, 11) is 0. The number of nitrogens with zero attached hydrogens (tertiary/aromatic N) is 1. The number of imide groups is 2. The Labute approximate surface area is 119 Å². The molecule has 0 radical (unpaired) electrons. The average molecular weight is 300 g/mol. The number of carboxylic acids is 1. The minimum Gasteiger partial charge on any atom is -0.481 e. The lowest BCUT2D eigenvalue weighted by Crippen LogP contribution is -2.33. The van der Waals surface area contributed by atoms with E-state index in [9.17, 15) is 24.0 Å². The Bertz CT molecular complexity index is 460. The van der Waals surface area contributed by atoms with Crippen molar-refractivity contribution in [3.8, 4) is 0 Å². The molecule has 2 aliphatic heterocycles. The van der Waals surface area contributed by atoms with E-state index in [1.165, 1.54) is 0 Å². The van der Waals surface area contributed by atoms with E-state index in [1.807, 2.05) is 0 Å². The van der Waals surface area contributed by atoms with Gasteiger partial charge in [-0.15, -0.1) is 0 Å². The van der Waals surface area contributed by atoms with Gasteiger partial charge in [0.05, 0.1) is 6.42 Å². The first-order valence-electron chi connectivity index (χ1n) is 6.38. The van der Waals surface area contributed by atoms with Crippen LogP contribution in [-0.4, -0.2) is 57.4 Å². The maximum atomic E-state index is 11.1.